The summed E-state index contributed by atoms with van der Waals surface area (Å²) in [6, 6.07) is 16.6. The summed E-state index contributed by atoms with van der Waals surface area (Å²) in [5.41, 5.74) is 7.54. The van der Waals surface area contributed by atoms with Crippen molar-refractivity contribution in [1.29, 1.82) is 0 Å². The monoisotopic (exact) mass is 423 g/mol. The Morgan fingerprint density at radius 3 is 2.32 bits per heavy atom. The minimum Gasteiger partial charge on any atom is -0.349 e. The molecule has 0 aromatic heterocycles. The predicted molar refractivity (Wildman–Crippen MR) is 115 cm³/mol. The smallest absolute Gasteiger partial charge is 0.225 e. The first kappa shape index (κ1) is 24.0. The number of rotatable bonds is 9. The van der Waals surface area contributed by atoms with E-state index in [1.807, 2.05) is 42.5 Å². The summed E-state index contributed by atoms with van der Waals surface area (Å²) in [6.07, 6.45) is 0.906. The highest BCUT2D eigenvalue weighted by Gasteiger charge is 2.21. The van der Waals surface area contributed by atoms with E-state index < -0.39 is 6.04 Å². The van der Waals surface area contributed by atoms with E-state index in [-0.39, 0.29) is 30.6 Å². The van der Waals surface area contributed by atoms with Gasteiger partial charge in [0.2, 0.25) is 11.8 Å². The quantitative estimate of drug-likeness (QED) is 0.645. The lowest BCUT2D eigenvalue weighted by atomic mass is 10.0. The van der Waals surface area contributed by atoms with Crippen LogP contribution in [0.3, 0.4) is 0 Å². The minimum absolute atomic E-state index is 0. The molecule has 0 aliphatic heterocycles. The Morgan fingerprint density at radius 1 is 1.11 bits per heavy atom. The molecule has 2 rings (SSSR count). The van der Waals surface area contributed by atoms with Gasteiger partial charge in [-0.1, -0.05) is 54.1 Å². The van der Waals surface area contributed by atoms with E-state index in [0.29, 0.717) is 24.7 Å². The first-order valence-electron chi connectivity index (χ1n) is 9.04. The average Bonchev–Trinajstić information content (AvgIpc) is 2.65. The van der Waals surface area contributed by atoms with Crippen LogP contribution in [0.4, 0.5) is 0 Å². The SMILES string of the molecule is CC(=O)NC(CC(=O)N(CCCN)Cc1ccccc1)c1ccc(Cl)cc1.Cl. The molecule has 152 valence electrons. The normalized spacial score (nSPS) is 11.2. The number of carbonyl (C=O) groups excluding carboxylic acids is 2. The van der Waals surface area contributed by atoms with Crippen LogP contribution in [0.2, 0.25) is 5.02 Å². The van der Waals surface area contributed by atoms with E-state index in [0.717, 1.165) is 17.5 Å². The number of carbonyl (C=O) groups is 2. The number of hydrogen-bond acceptors (Lipinski definition) is 3. The summed E-state index contributed by atoms with van der Waals surface area (Å²) < 4.78 is 0. The third-order valence-corrected chi connectivity index (χ3v) is 4.48. The van der Waals surface area contributed by atoms with Crippen LogP contribution in [-0.4, -0.2) is 29.8 Å². The van der Waals surface area contributed by atoms with E-state index in [1.54, 1.807) is 17.0 Å². The Kier molecular flexibility index (Phi) is 10.6. The maximum atomic E-state index is 13.0. The molecule has 0 bridgehead atoms. The number of benzene rings is 2. The molecule has 0 radical (unpaired) electrons. The maximum absolute atomic E-state index is 13.0. The molecule has 0 aliphatic rings. The molecule has 0 saturated heterocycles. The van der Waals surface area contributed by atoms with Crippen molar-refractivity contribution in [2.24, 2.45) is 5.73 Å². The summed E-state index contributed by atoms with van der Waals surface area (Å²) in [6.45, 7) is 3.07. The zero-order valence-electron chi connectivity index (χ0n) is 15.9. The van der Waals surface area contributed by atoms with Gasteiger partial charge in [-0.3, -0.25) is 9.59 Å². The summed E-state index contributed by atoms with van der Waals surface area (Å²) in [5, 5.41) is 3.48. The second kappa shape index (κ2) is 12.4. The minimum atomic E-state index is -0.400. The van der Waals surface area contributed by atoms with Gasteiger partial charge < -0.3 is 16.0 Å². The van der Waals surface area contributed by atoms with Crippen LogP contribution in [0, 0.1) is 0 Å². The first-order valence-corrected chi connectivity index (χ1v) is 9.41. The summed E-state index contributed by atoms with van der Waals surface area (Å²) >= 11 is 5.95. The molecular formula is C21H27Cl2N3O2. The van der Waals surface area contributed by atoms with Crippen LogP contribution in [0.5, 0.6) is 0 Å². The van der Waals surface area contributed by atoms with Crippen LogP contribution in [0.1, 0.15) is 36.9 Å². The molecule has 0 heterocycles. The lowest BCUT2D eigenvalue weighted by molar-refractivity contribution is -0.132. The topological polar surface area (TPSA) is 75.4 Å². The predicted octanol–water partition coefficient (Wildman–Crippen LogP) is 3.71. The second-order valence-corrected chi connectivity index (χ2v) is 6.89. The van der Waals surface area contributed by atoms with Crippen molar-refractivity contribution < 1.29 is 9.59 Å². The third-order valence-electron chi connectivity index (χ3n) is 4.23. The zero-order chi connectivity index (χ0) is 19.6. The molecule has 7 heteroatoms. The fourth-order valence-electron chi connectivity index (χ4n) is 2.87. The fraction of sp³-hybridized carbons (Fsp3) is 0.333. The van der Waals surface area contributed by atoms with Crippen molar-refractivity contribution in [3.63, 3.8) is 0 Å². The molecule has 2 aromatic carbocycles. The van der Waals surface area contributed by atoms with Gasteiger partial charge in [-0.25, -0.2) is 0 Å². The molecule has 0 saturated carbocycles. The van der Waals surface area contributed by atoms with Gasteiger partial charge in [0.15, 0.2) is 0 Å². The highest BCUT2D eigenvalue weighted by molar-refractivity contribution is 6.30. The van der Waals surface area contributed by atoms with E-state index >= 15 is 0 Å². The number of nitrogens with zero attached hydrogens (tertiary/aromatic N) is 1. The number of amides is 2. The zero-order valence-corrected chi connectivity index (χ0v) is 17.5. The van der Waals surface area contributed by atoms with Gasteiger partial charge in [0.05, 0.1) is 12.5 Å². The van der Waals surface area contributed by atoms with Gasteiger partial charge in [-0.15, -0.1) is 12.4 Å². The Bertz CT molecular complexity index is 739. The summed E-state index contributed by atoms with van der Waals surface area (Å²) in [7, 11) is 0. The van der Waals surface area contributed by atoms with Gasteiger partial charge in [-0.2, -0.15) is 0 Å². The summed E-state index contributed by atoms with van der Waals surface area (Å²) in [5.74, 6) is -0.208. The number of nitrogens with two attached hydrogens (primary N) is 1. The maximum Gasteiger partial charge on any atom is 0.225 e. The van der Waals surface area contributed by atoms with Crippen molar-refractivity contribution >= 4 is 35.8 Å². The Morgan fingerprint density at radius 2 is 1.75 bits per heavy atom. The molecule has 0 aliphatic carbocycles. The van der Waals surface area contributed by atoms with E-state index in [9.17, 15) is 9.59 Å². The molecule has 1 unspecified atom stereocenters. The lowest BCUT2D eigenvalue weighted by Crippen LogP contribution is -2.36. The molecule has 2 amide bonds. The highest BCUT2D eigenvalue weighted by Crippen LogP contribution is 2.21. The van der Waals surface area contributed by atoms with Crippen molar-refractivity contribution in [2.45, 2.75) is 32.4 Å². The molecular weight excluding hydrogens is 397 g/mol. The summed E-state index contributed by atoms with van der Waals surface area (Å²) in [4.78, 5) is 26.4. The molecule has 5 nitrogen and oxygen atoms in total. The first-order chi connectivity index (χ1) is 13.0. The Hall–Kier alpha value is -2.08. The van der Waals surface area contributed by atoms with Gasteiger partial charge in [-0.05, 0) is 36.2 Å². The average molecular weight is 424 g/mol. The molecule has 3 N–H and O–H groups in total. The lowest BCUT2D eigenvalue weighted by Gasteiger charge is -2.26. The second-order valence-electron chi connectivity index (χ2n) is 6.45. The van der Waals surface area contributed by atoms with E-state index in [2.05, 4.69) is 5.32 Å². The van der Waals surface area contributed by atoms with Crippen LogP contribution >= 0.6 is 24.0 Å². The van der Waals surface area contributed by atoms with Crippen molar-refractivity contribution in [3.8, 4) is 0 Å². The van der Waals surface area contributed by atoms with E-state index in [4.69, 9.17) is 17.3 Å². The molecule has 1 atom stereocenters. The Labute approximate surface area is 177 Å². The van der Waals surface area contributed by atoms with Crippen LogP contribution < -0.4 is 11.1 Å². The van der Waals surface area contributed by atoms with Gasteiger partial charge in [0.1, 0.15) is 0 Å². The fourth-order valence-corrected chi connectivity index (χ4v) is 3.00. The van der Waals surface area contributed by atoms with Crippen LogP contribution in [-0.2, 0) is 16.1 Å². The van der Waals surface area contributed by atoms with E-state index in [1.165, 1.54) is 6.92 Å². The Balaban J connectivity index is 0.00000392. The van der Waals surface area contributed by atoms with Gasteiger partial charge >= 0.3 is 0 Å². The third kappa shape index (κ3) is 7.89. The molecule has 0 spiro atoms. The highest BCUT2D eigenvalue weighted by atomic mass is 35.5. The molecule has 28 heavy (non-hydrogen) atoms. The van der Waals surface area contributed by atoms with Crippen molar-refractivity contribution in [3.05, 3.63) is 70.7 Å². The largest absolute Gasteiger partial charge is 0.349 e. The van der Waals surface area contributed by atoms with Gasteiger partial charge in [0.25, 0.3) is 0 Å². The molecule has 2 aromatic rings. The van der Waals surface area contributed by atoms with Crippen LogP contribution in [0.15, 0.2) is 54.6 Å². The molecule has 0 fully saturated rings. The van der Waals surface area contributed by atoms with Crippen molar-refractivity contribution in [2.75, 3.05) is 13.1 Å². The number of nitrogens with one attached hydrogen (secondary N) is 1. The standard InChI is InChI=1S/C21H26ClN3O2.ClH/c1-16(26)24-20(18-8-10-19(22)11-9-18)14-21(27)25(13-5-12-23)15-17-6-3-2-4-7-17;/h2-4,6-11,20H,5,12-15,23H2,1H3,(H,24,26);1H. The number of hydrogen-bond donors (Lipinski definition) is 2. The van der Waals surface area contributed by atoms with Gasteiger partial charge in [0, 0.05) is 25.0 Å². The number of halogens is 2. The van der Waals surface area contributed by atoms with Crippen molar-refractivity contribution in [1.82, 2.24) is 10.2 Å². The van der Waals surface area contributed by atoms with Crippen LogP contribution in [0.25, 0.3) is 0 Å².